The average Bonchev–Trinajstić information content (AvgIpc) is 2.14. The van der Waals surface area contributed by atoms with Crippen molar-refractivity contribution in [2.24, 2.45) is 0 Å². The highest BCUT2D eigenvalue weighted by Gasteiger charge is 1.83. The van der Waals surface area contributed by atoms with Crippen molar-refractivity contribution in [3.05, 3.63) is 18.2 Å². The number of hydrogen-bond donors (Lipinski definition) is 1. The van der Waals surface area contributed by atoms with Crippen LogP contribution < -0.4 is 0 Å². The van der Waals surface area contributed by atoms with Crippen molar-refractivity contribution in [2.75, 3.05) is 0 Å². The zero-order valence-corrected chi connectivity index (χ0v) is 4.23. The van der Waals surface area contributed by atoms with Gasteiger partial charge in [-0.05, 0) is 0 Å². The van der Waals surface area contributed by atoms with E-state index in [0.717, 1.165) is 12.2 Å². The van der Waals surface area contributed by atoms with Gasteiger partial charge in [-0.25, -0.2) is 4.98 Å². The quantitative estimate of drug-likeness (QED) is 0.548. The number of aryl methyl sites for hydroxylation is 1. The Hall–Kier alpha value is -0.790. The molecule has 0 amide bonds. The maximum atomic E-state index is 3.92. The lowest BCUT2D eigenvalue weighted by Crippen LogP contribution is -1.78. The average molecular weight is 95.1 g/mol. The highest BCUT2D eigenvalue weighted by Crippen LogP contribution is 1.84. The van der Waals surface area contributed by atoms with Crippen molar-refractivity contribution in [1.29, 1.82) is 0 Å². The second kappa shape index (κ2) is 1.78. The van der Waals surface area contributed by atoms with Gasteiger partial charge in [0, 0.05) is 6.42 Å². The molecule has 37 valence electrons. The Balaban J connectivity index is 2.76. The Labute approximate surface area is 42.6 Å². The Morgan fingerprint density at radius 3 is 3.14 bits per heavy atom. The summed E-state index contributed by atoms with van der Waals surface area (Å²) in [4.78, 5) is 6.77. The molecule has 0 atom stereocenters. The molecular formula is C5H7N2. The van der Waals surface area contributed by atoms with Crippen LogP contribution >= 0.6 is 0 Å². The summed E-state index contributed by atoms with van der Waals surface area (Å²) in [5, 5.41) is 0. The fourth-order valence-corrected chi connectivity index (χ4v) is 0.438. The molecule has 0 aliphatic rings. The first-order valence-electron chi connectivity index (χ1n) is 2.33. The number of nitrogens with zero attached hydrogens (tertiary/aromatic N) is 1. The first-order chi connectivity index (χ1) is 3.43. The molecule has 0 fully saturated rings. The molecule has 1 radical (unpaired) electrons. The molecule has 0 saturated carbocycles. The van der Waals surface area contributed by atoms with Crippen molar-refractivity contribution < 1.29 is 0 Å². The summed E-state index contributed by atoms with van der Waals surface area (Å²) in [6.07, 6.45) is 5.34. The standard InChI is InChI=1S/C5H7N2/c1-2-5-6-3-4-7-5/h3H,2H2,1H3,(H,6,7). The molecule has 7 heavy (non-hydrogen) atoms. The van der Waals surface area contributed by atoms with Gasteiger partial charge in [0.1, 0.15) is 5.82 Å². The topological polar surface area (TPSA) is 28.7 Å². The molecule has 1 rings (SSSR count). The highest BCUT2D eigenvalue weighted by molar-refractivity contribution is 4.83. The number of rotatable bonds is 1. The van der Waals surface area contributed by atoms with E-state index in [-0.39, 0.29) is 0 Å². The van der Waals surface area contributed by atoms with E-state index in [4.69, 9.17) is 0 Å². The van der Waals surface area contributed by atoms with Crippen LogP contribution in [0.4, 0.5) is 0 Å². The van der Waals surface area contributed by atoms with Crippen molar-refractivity contribution in [1.82, 2.24) is 9.97 Å². The van der Waals surface area contributed by atoms with Crippen LogP contribution in [0.3, 0.4) is 0 Å². The zero-order chi connectivity index (χ0) is 5.11. The zero-order valence-electron chi connectivity index (χ0n) is 4.23. The SMILES string of the molecule is CCc1nc[c][nH]1. The van der Waals surface area contributed by atoms with E-state index in [1.807, 2.05) is 6.92 Å². The molecule has 0 bridgehead atoms. The number of nitrogens with one attached hydrogen (secondary N) is 1. The smallest absolute Gasteiger partial charge is 0.106 e. The third kappa shape index (κ3) is 0.796. The Kier molecular flexibility index (Phi) is 1.11. The lowest BCUT2D eigenvalue weighted by molar-refractivity contribution is 0.988. The molecule has 1 aromatic heterocycles. The number of hydrogen-bond acceptors (Lipinski definition) is 1. The van der Waals surface area contributed by atoms with E-state index in [2.05, 4.69) is 16.2 Å². The van der Waals surface area contributed by atoms with Gasteiger partial charge in [0.05, 0.1) is 12.4 Å². The van der Waals surface area contributed by atoms with Gasteiger partial charge in [0.2, 0.25) is 0 Å². The molecule has 2 heteroatoms. The van der Waals surface area contributed by atoms with Crippen LogP contribution in [0.2, 0.25) is 0 Å². The van der Waals surface area contributed by atoms with Crippen LogP contribution in [0.25, 0.3) is 0 Å². The van der Waals surface area contributed by atoms with Crippen LogP contribution in [0, 0.1) is 6.20 Å². The number of aromatic amines is 1. The van der Waals surface area contributed by atoms with Crippen LogP contribution in [-0.2, 0) is 6.42 Å². The van der Waals surface area contributed by atoms with E-state index in [1.54, 1.807) is 6.20 Å². The molecule has 1 heterocycles. The Morgan fingerprint density at radius 2 is 2.86 bits per heavy atom. The molecule has 0 unspecified atom stereocenters. The number of imidazole rings is 1. The summed E-state index contributed by atoms with van der Waals surface area (Å²) in [7, 11) is 0. The summed E-state index contributed by atoms with van der Waals surface area (Å²) >= 11 is 0. The summed E-state index contributed by atoms with van der Waals surface area (Å²) in [6, 6.07) is 0. The van der Waals surface area contributed by atoms with Gasteiger partial charge in [-0.1, -0.05) is 6.92 Å². The summed E-state index contributed by atoms with van der Waals surface area (Å²) < 4.78 is 0. The Bertz CT molecular complexity index is 121. The minimum absolute atomic E-state index is 0.962. The van der Waals surface area contributed by atoms with E-state index in [0.29, 0.717) is 0 Å². The number of aromatic nitrogens is 2. The summed E-state index contributed by atoms with van der Waals surface area (Å²) in [5.41, 5.74) is 0. The molecule has 2 nitrogen and oxygen atoms in total. The van der Waals surface area contributed by atoms with Gasteiger partial charge in [-0.2, -0.15) is 0 Å². The van der Waals surface area contributed by atoms with Crippen molar-refractivity contribution in [3.8, 4) is 0 Å². The number of H-pyrrole nitrogens is 1. The molecule has 0 aromatic carbocycles. The van der Waals surface area contributed by atoms with E-state index < -0.39 is 0 Å². The van der Waals surface area contributed by atoms with Crippen molar-refractivity contribution in [3.63, 3.8) is 0 Å². The molecule has 1 N–H and O–H groups in total. The van der Waals surface area contributed by atoms with E-state index in [9.17, 15) is 0 Å². The monoisotopic (exact) mass is 95.1 g/mol. The van der Waals surface area contributed by atoms with Gasteiger partial charge in [0.15, 0.2) is 0 Å². The first kappa shape index (κ1) is 4.37. The lowest BCUT2D eigenvalue weighted by Gasteiger charge is -1.79. The van der Waals surface area contributed by atoms with Crippen LogP contribution in [0.15, 0.2) is 6.20 Å². The molecular weight excluding hydrogens is 88.1 g/mol. The fraction of sp³-hybridized carbons (Fsp3) is 0.400. The van der Waals surface area contributed by atoms with E-state index in [1.165, 1.54) is 0 Å². The highest BCUT2D eigenvalue weighted by atomic mass is 14.9. The molecule has 1 aromatic rings. The fourth-order valence-electron chi connectivity index (χ4n) is 0.438. The van der Waals surface area contributed by atoms with Crippen LogP contribution in [-0.4, -0.2) is 9.97 Å². The normalized spacial score (nSPS) is 9.29. The van der Waals surface area contributed by atoms with Gasteiger partial charge in [-0.3, -0.25) is 0 Å². The predicted molar refractivity (Wildman–Crippen MR) is 26.8 cm³/mol. The minimum Gasteiger partial charge on any atom is -0.341 e. The van der Waals surface area contributed by atoms with Gasteiger partial charge in [-0.15, -0.1) is 0 Å². The molecule has 0 aliphatic carbocycles. The van der Waals surface area contributed by atoms with Gasteiger partial charge >= 0.3 is 0 Å². The van der Waals surface area contributed by atoms with Gasteiger partial charge in [0.25, 0.3) is 0 Å². The van der Waals surface area contributed by atoms with Crippen molar-refractivity contribution >= 4 is 0 Å². The van der Waals surface area contributed by atoms with Gasteiger partial charge < -0.3 is 4.98 Å². The maximum absolute atomic E-state index is 3.92. The summed E-state index contributed by atoms with van der Waals surface area (Å²) in [6.45, 7) is 2.05. The van der Waals surface area contributed by atoms with Crippen LogP contribution in [0.5, 0.6) is 0 Å². The predicted octanol–water partition coefficient (Wildman–Crippen LogP) is 0.772. The maximum Gasteiger partial charge on any atom is 0.106 e. The van der Waals surface area contributed by atoms with E-state index >= 15 is 0 Å². The van der Waals surface area contributed by atoms with Crippen molar-refractivity contribution in [2.45, 2.75) is 13.3 Å². The second-order valence-corrected chi connectivity index (χ2v) is 1.33. The molecule has 0 aliphatic heterocycles. The molecule has 0 spiro atoms. The molecule has 0 saturated heterocycles. The second-order valence-electron chi connectivity index (χ2n) is 1.33. The minimum atomic E-state index is 0.962. The third-order valence-corrected chi connectivity index (χ3v) is 0.836. The lowest BCUT2D eigenvalue weighted by atomic mass is 10.5. The van der Waals surface area contributed by atoms with Crippen LogP contribution in [0.1, 0.15) is 12.7 Å². The Morgan fingerprint density at radius 1 is 2.00 bits per heavy atom. The summed E-state index contributed by atoms with van der Waals surface area (Å²) in [5.74, 6) is 1.00. The first-order valence-corrected chi connectivity index (χ1v) is 2.33. The largest absolute Gasteiger partial charge is 0.341 e. The third-order valence-electron chi connectivity index (χ3n) is 0.836.